The van der Waals surface area contributed by atoms with E-state index in [2.05, 4.69) is 108 Å². The van der Waals surface area contributed by atoms with Gasteiger partial charge in [0.15, 0.2) is 5.82 Å². The van der Waals surface area contributed by atoms with Gasteiger partial charge in [0.05, 0.1) is 16.9 Å². The highest BCUT2D eigenvalue weighted by Crippen LogP contribution is 2.39. The molecule has 41 heavy (non-hydrogen) atoms. The largest absolute Gasteiger partial charge is 0.337 e. The number of thiophene rings is 1. The Morgan fingerprint density at radius 2 is 1.17 bits per heavy atom. The lowest BCUT2D eigenvalue weighted by Crippen LogP contribution is -1.97. The van der Waals surface area contributed by atoms with Crippen LogP contribution in [0.25, 0.3) is 70.6 Å². The fraction of sp³-hybridized carbons (Fsp3) is 0.0270. The summed E-state index contributed by atoms with van der Waals surface area (Å²) in [6, 6.07) is 44.8. The topological polar surface area (TPSA) is 30.7 Å². The van der Waals surface area contributed by atoms with Crippen molar-refractivity contribution < 1.29 is 0 Å². The van der Waals surface area contributed by atoms with Crippen molar-refractivity contribution in [3.05, 3.63) is 139 Å². The average molecular weight is 544 g/mol. The first-order chi connectivity index (χ1) is 20.3. The first-order valence-corrected chi connectivity index (χ1v) is 14.6. The fourth-order valence-corrected chi connectivity index (χ4v) is 6.91. The van der Waals surface area contributed by atoms with Gasteiger partial charge in [0.1, 0.15) is 0 Å². The Balaban J connectivity index is 1.24. The van der Waals surface area contributed by atoms with Crippen LogP contribution in [0.5, 0.6) is 0 Å². The second-order valence-electron chi connectivity index (χ2n) is 10.2. The van der Waals surface area contributed by atoms with Gasteiger partial charge in [0.2, 0.25) is 0 Å². The van der Waals surface area contributed by atoms with Crippen molar-refractivity contribution in [1.82, 2.24) is 14.5 Å². The molecule has 0 saturated heterocycles. The molecule has 3 nitrogen and oxygen atoms in total. The minimum Gasteiger partial charge on any atom is -0.337 e. The number of nitrogens with zero attached hydrogens (tertiary/aromatic N) is 3. The standard InChI is InChI=1S/C37H25N3S/c1-3-12-25(13-4-1)31-24-32(26-14-5-2-6-15-26)39-37(38-31)20-11-21-40-33-18-9-7-16-27(33)29-23-36-30(22-34(29)40)28-17-8-10-19-35(28)41-36/h1-20,22-24H,21H2. The van der Waals surface area contributed by atoms with Crippen molar-refractivity contribution in [3.63, 3.8) is 0 Å². The van der Waals surface area contributed by atoms with Crippen molar-refractivity contribution in [3.8, 4) is 22.5 Å². The number of fused-ring (bicyclic) bond motifs is 6. The van der Waals surface area contributed by atoms with Gasteiger partial charge < -0.3 is 4.57 Å². The molecule has 0 aliphatic rings. The Morgan fingerprint density at radius 3 is 1.90 bits per heavy atom. The van der Waals surface area contributed by atoms with Crippen molar-refractivity contribution in [2.75, 3.05) is 0 Å². The molecular weight excluding hydrogens is 518 g/mol. The fourth-order valence-electron chi connectivity index (χ4n) is 5.78. The van der Waals surface area contributed by atoms with Crippen molar-refractivity contribution in [1.29, 1.82) is 0 Å². The summed E-state index contributed by atoms with van der Waals surface area (Å²) in [5.74, 6) is 0.706. The Hall–Kier alpha value is -5.06. The Bertz CT molecular complexity index is 2170. The minimum atomic E-state index is 0.706. The lowest BCUT2D eigenvalue weighted by molar-refractivity contribution is 0.902. The van der Waals surface area contributed by atoms with Crippen LogP contribution >= 0.6 is 11.3 Å². The van der Waals surface area contributed by atoms with Crippen LogP contribution in [0.4, 0.5) is 0 Å². The number of allylic oxidation sites excluding steroid dienone is 1. The van der Waals surface area contributed by atoms with E-state index in [0.717, 1.165) is 29.1 Å². The highest BCUT2D eigenvalue weighted by molar-refractivity contribution is 7.25. The van der Waals surface area contributed by atoms with Gasteiger partial charge in [-0.1, -0.05) is 103 Å². The van der Waals surface area contributed by atoms with E-state index in [9.17, 15) is 0 Å². The Labute approximate surface area is 241 Å². The predicted octanol–water partition coefficient (Wildman–Crippen LogP) is 10.00. The van der Waals surface area contributed by atoms with Crippen LogP contribution in [0.15, 0.2) is 133 Å². The van der Waals surface area contributed by atoms with E-state index >= 15 is 0 Å². The van der Waals surface area contributed by atoms with E-state index in [1.807, 2.05) is 47.7 Å². The Morgan fingerprint density at radius 1 is 0.537 bits per heavy atom. The van der Waals surface area contributed by atoms with Crippen LogP contribution in [0, 0.1) is 0 Å². The molecule has 3 heterocycles. The second kappa shape index (κ2) is 9.84. The molecule has 0 spiro atoms. The first-order valence-electron chi connectivity index (χ1n) is 13.8. The number of hydrogen-bond donors (Lipinski definition) is 0. The smallest absolute Gasteiger partial charge is 0.152 e. The van der Waals surface area contributed by atoms with Gasteiger partial charge in [-0.05, 0) is 36.4 Å². The van der Waals surface area contributed by atoms with Crippen molar-refractivity contribution >= 4 is 59.4 Å². The van der Waals surface area contributed by atoms with Crippen LogP contribution in [0.3, 0.4) is 0 Å². The summed E-state index contributed by atoms with van der Waals surface area (Å²) in [7, 11) is 0. The molecule has 0 atom stereocenters. The van der Waals surface area contributed by atoms with E-state index in [0.29, 0.717) is 5.82 Å². The first kappa shape index (κ1) is 23.8. The summed E-state index contributed by atoms with van der Waals surface area (Å²) in [6.07, 6.45) is 4.23. The summed E-state index contributed by atoms with van der Waals surface area (Å²) in [5, 5.41) is 5.21. The van der Waals surface area contributed by atoms with Gasteiger partial charge in [-0.25, -0.2) is 9.97 Å². The van der Waals surface area contributed by atoms with E-state index < -0.39 is 0 Å². The van der Waals surface area contributed by atoms with Crippen molar-refractivity contribution in [2.45, 2.75) is 6.54 Å². The molecule has 194 valence electrons. The van der Waals surface area contributed by atoms with Crippen LogP contribution in [-0.2, 0) is 6.54 Å². The number of aromatic nitrogens is 3. The maximum atomic E-state index is 4.93. The van der Waals surface area contributed by atoms with Gasteiger partial charge in [0, 0.05) is 54.1 Å². The van der Waals surface area contributed by atoms with E-state index in [4.69, 9.17) is 9.97 Å². The Kier molecular flexibility index (Phi) is 5.71. The summed E-state index contributed by atoms with van der Waals surface area (Å²) in [6.45, 7) is 0.719. The van der Waals surface area contributed by atoms with E-state index in [1.54, 1.807) is 0 Å². The summed E-state index contributed by atoms with van der Waals surface area (Å²) >= 11 is 1.87. The molecule has 0 amide bonds. The maximum Gasteiger partial charge on any atom is 0.152 e. The number of rotatable bonds is 5. The molecule has 0 bridgehead atoms. The molecular formula is C37H25N3S. The van der Waals surface area contributed by atoms with Gasteiger partial charge >= 0.3 is 0 Å². The monoisotopic (exact) mass is 543 g/mol. The molecule has 0 aliphatic heterocycles. The molecule has 0 radical (unpaired) electrons. The molecule has 0 unspecified atom stereocenters. The maximum absolute atomic E-state index is 4.93. The molecule has 8 aromatic rings. The third-order valence-corrected chi connectivity index (χ3v) is 8.84. The quantitative estimate of drug-likeness (QED) is 0.216. The van der Waals surface area contributed by atoms with Gasteiger partial charge in [0.25, 0.3) is 0 Å². The molecule has 5 aromatic carbocycles. The van der Waals surface area contributed by atoms with E-state index in [1.165, 1.54) is 42.0 Å². The summed E-state index contributed by atoms with van der Waals surface area (Å²) in [5.41, 5.74) is 6.48. The molecule has 3 aromatic heterocycles. The van der Waals surface area contributed by atoms with Gasteiger partial charge in [-0.3, -0.25) is 0 Å². The van der Waals surface area contributed by atoms with E-state index in [-0.39, 0.29) is 0 Å². The van der Waals surface area contributed by atoms with Crippen LogP contribution < -0.4 is 0 Å². The third kappa shape index (κ3) is 4.21. The number of benzene rings is 5. The highest BCUT2D eigenvalue weighted by Gasteiger charge is 2.14. The lowest BCUT2D eigenvalue weighted by atomic mass is 10.1. The van der Waals surface area contributed by atoms with Gasteiger partial charge in [-0.15, -0.1) is 11.3 Å². The average Bonchev–Trinajstić information content (AvgIpc) is 3.55. The number of hydrogen-bond acceptors (Lipinski definition) is 3. The summed E-state index contributed by atoms with van der Waals surface area (Å²) < 4.78 is 5.07. The third-order valence-electron chi connectivity index (χ3n) is 7.71. The zero-order valence-corrected chi connectivity index (χ0v) is 23.1. The molecule has 0 fully saturated rings. The van der Waals surface area contributed by atoms with Crippen LogP contribution in [0.1, 0.15) is 5.82 Å². The predicted molar refractivity (Wildman–Crippen MR) is 174 cm³/mol. The van der Waals surface area contributed by atoms with Crippen LogP contribution in [0.2, 0.25) is 0 Å². The normalized spacial score (nSPS) is 11.9. The SMILES string of the molecule is C(=Cc1nc(-c2ccccc2)cc(-c2ccccc2)n1)Cn1c2ccccc2c2cc3sc4ccccc4c3cc21. The molecule has 0 aliphatic carbocycles. The molecule has 4 heteroatoms. The zero-order valence-electron chi connectivity index (χ0n) is 22.2. The lowest BCUT2D eigenvalue weighted by Gasteiger charge is -2.08. The van der Waals surface area contributed by atoms with Crippen molar-refractivity contribution in [2.24, 2.45) is 0 Å². The van der Waals surface area contributed by atoms with Gasteiger partial charge in [-0.2, -0.15) is 0 Å². The molecule has 0 saturated carbocycles. The van der Waals surface area contributed by atoms with Crippen LogP contribution in [-0.4, -0.2) is 14.5 Å². The zero-order chi connectivity index (χ0) is 27.2. The molecule has 8 rings (SSSR count). The minimum absolute atomic E-state index is 0.706. The molecule has 0 N–H and O–H groups in total. The summed E-state index contributed by atoms with van der Waals surface area (Å²) in [4.78, 5) is 9.87. The number of para-hydroxylation sites is 1. The highest BCUT2D eigenvalue weighted by atomic mass is 32.1. The second-order valence-corrected chi connectivity index (χ2v) is 11.3.